The number of rotatable bonds is 2. The lowest BCUT2D eigenvalue weighted by Gasteiger charge is -1.98. The largest absolute Gasteiger partial charge is 0.376 e. The Hall–Kier alpha value is -0.680. The van der Waals surface area contributed by atoms with E-state index in [-0.39, 0.29) is 0 Å². The van der Waals surface area contributed by atoms with Crippen LogP contribution >= 0.6 is 23.6 Å². The molecule has 0 aliphatic carbocycles. The van der Waals surface area contributed by atoms with E-state index in [1.54, 1.807) is 23.0 Å². The summed E-state index contributed by atoms with van der Waals surface area (Å²) in [5.74, 6) is 0. The molecule has 0 saturated heterocycles. The average molecular weight is 173 g/mol. The lowest BCUT2D eigenvalue weighted by Crippen LogP contribution is -2.27. The minimum absolute atomic E-state index is 0.327. The van der Waals surface area contributed by atoms with Crippen LogP contribution in [0.3, 0.4) is 0 Å². The number of thiazole rings is 1. The van der Waals surface area contributed by atoms with Crippen LogP contribution in [0.15, 0.2) is 11.7 Å². The first-order valence-corrected chi connectivity index (χ1v) is 3.98. The van der Waals surface area contributed by atoms with Crippen LogP contribution in [0.25, 0.3) is 0 Å². The van der Waals surface area contributed by atoms with Crippen molar-refractivity contribution in [1.29, 1.82) is 0 Å². The Balaban J connectivity index is 2.35. The highest BCUT2D eigenvalue weighted by Gasteiger charge is 1.92. The van der Waals surface area contributed by atoms with Gasteiger partial charge in [-0.05, 0) is 12.2 Å². The van der Waals surface area contributed by atoms with Crippen LogP contribution in [0.2, 0.25) is 0 Å². The molecule has 0 spiro atoms. The van der Waals surface area contributed by atoms with Gasteiger partial charge >= 0.3 is 0 Å². The highest BCUT2D eigenvalue weighted by atomic mass is 32.1. The van der Waals surface area contributed by atoms with Crippen LogP contribution in [-0.4, -0.2) is 10.1 Å². The first kappa shape index (κ1) is 7.43. The summed E-state index contributed by atoms with van der Waals surface area (Å²) >= 11 is 6.20. The molecule has 0 bridgehead atoms. The molecular weight excluding hydrogens is 166 g/mol. The molecule has 1 aromatic heterocycles. The molecule has 0 saturated carbocycles. The van der Waals surface area contributed by atoms with E-state index in [1.807, 2.05) is 0 Å². The smallest absolute Gasteiger partial charge is 0.163 e. The molecule has 0 unspecified atom stereocenters. The zero-order chi connectivity index (χ0) is 7.40. The molecule has 5 heteroatoms. The average Bonchev–Trinajstić information content (AvgIpc) is 2.34. The van der Waals surface area contributed by atoms with Crippen molar-refractivity contribution in [2.75, 3.05) is 0 Å². The molecule has 10 heavy (non-hydrogen) atoms. The Bertz CT molecular complexity index is 207. The minimum Gasteiger partial charge on any atom is -0.376 e. The Morgan fingerprint density at radius 1 is 1.90 bits per heavy atom. The van der Waals surface area contributed by atoms with E-state index in [9.17, 15) is 0 Å². The predicted molar refractivity (Wildman–Crippen MR) is 45.7 cm³/mol. The highest BCUT2D eigenvalue weighted by molar-refractivity contribution is 7.80. The van der Waals surface area contributed by atoms with Crippen molar-refractivity contribution in [2.45, 2.75) is 6.54 Å². The zero-order valence-electron chi connectivity index (χ0n) is 5.20. The summed E-state index contributed by atoms with van der Waals surface area (Å²) in [6, 6.07) is 0. The molecule has 0 fully saturated rings. The van der Waals surface area contributed by atoms with Crippen LogP contribution in [0.4, 0.5) is 0 Å². The summed E-state index contributed by atoms with van der Waals surface area (Å²) in [5.41, 5.74) is 6.99. The molecule has 3 nitrogen and oxygen atoms in total. The first-order chi connectivity index (χ1) is 4.79. The van der Waals surface area contributed by atoms with Gasteiger partial charge in [-0.25, -0.2) is 0 Å². The Morgan fingerprint density at radius 3 is 3.20 bits per heavy atom. The van der Waals surface area contributed by atoms with Crippen LogP contribution < -0.4 is 11.1 Å². The van der Waals surface area contributed by atoms with Crippen LogP contribution in [0.1, 0.15) is 4.88 Å². The molecule has 0 radical (unpaired) electrons. The van der Waals surface area contributed by atoms with Crippen LogP contribution in [-0.2, 0) is 6.54 Å². The fraction of sp³-hybridized carbons (Fsp3) is 0.200. The van der Waals surface area contributed by atoms with Gasteiger partial charge in [-0.15, -0.1) is 11.3 Å². The highest BCUT2D eigenvalue weighted by Crippen LogP contribution is 2.03. The Labute approximate surface area is 68.3 Å². The lowest BCUT2D eigenvalue weighted by atomic mass is 10.5. The third-order valence-electron chi connectivity index (χ3n) is 0.920. The van der Waals surface area contributed by atoms with Crippen molar-refractivity contribution < 1.29 is 0 Å². The summed E-state index contributed by atoms with van der Waals surface area (Å²) in [6.45, 7) is 0.681. The third-order valence-corrected chi connectivity index (χ3v) is 1.84. The lowest BCUT2D eigenvalue weighted by molar-refractivity contribution is 0.936. The number of hydrogen-bond donors (Lipinski definition) is 2. The van der Waals surface area contributed by atoms with Crippen LogP contribution in [0, 0.1) is 0 Å². The standard InChI is InChI=1S/C5H7N3S2/c6-5(9)8-2-4-1-7-3-10-4/h1,3H,2H2,(H3,6,8,9). The van der Waals surface area contributed by atoms with E-state index in [2.05, 4.69) is 22.5 Å². The number of nitrogens with one attached hydrogen (secondary N) is 1. The quantitative estimate of drug-likeness (QED) is 0.639. The summed E-state index contributed by atoms with van der Waals surface area (Å²) in [5, 5.41) is 3.15. The van der Waals surface area contributed by atoms with Crippen molar-refractivity contribution in [1.82, 2.24) is 10.3 Å². The summed E-state index contributed by atoms with van der Waals surface area (Å²) < 4.78 is 0. The molecule has 0 aliphatic heterocycles. The van der Waals surface area contributed by atoms with Gasteiger partial charge in [-0.1, -0.05) is 0 Å². The van der Waals surface area contributed by atoms with Crippen molar-refractivity contribution in [3.63, 3.8) is 0 Å². The number of hydrogen-bond acceptors (Lipinski definition) is 3. The second-order valence-electron chi connectivity index (χ2n) is 1.69. The third kappa shape index (κ3) is 2.28. The maximum Gasteiger partial charge on any atom is 0.163 e. The summed E-state index contributed by atoms with van der Waals surface area (Å²) in [4.78, 5) is 5.03. The molecular formula is C5H7N3S2. The molecule has 54 valence electrons. The van der Waals surface area contributed by atoms with Gasteiger partial charge in [0, 0.05) is 11.1 Å². The molecule has 0 aliphatic rings. The summed E-state index contributed by atoms with van der Waals surface area (Å²) in [6.07, 6.45) is 1.79. The Morgan fingerprint density at radius 2 is 2.70 bits per heavy atom. The van der Waals surface area contributed by atoms with Gasteiger partial charge in [0.1, 0.15) is 0 Å². The SMILES string of the molecule is NC(=S)NCc1cncs1. The monoisotopic (exact) mass is 173 g/mol. The van der Waals surface area contributed by atoms with Gasteiger partial charge in [0.05, 0.1) is 12.1 Å². The van der Waals surface area contributed by atoms with E-state index in [0.717, 1.165) is 4.88 Å². The topological polar surface area (TPSA) is 50.9 Å². The molecule has 0 amide bonds. The number of aromatic nitrogens is 1. The van der Waals surface area contributed by atoms with Crippen molar-refractivity contribution in [3.05, 3.63) is 16.6 Å². The molecule has 0 atom stereocenters. The molecule has 0 aromatic carbocycles. The van der Waals surface area contributed by atoms with Gasteiger partial charge in [-0.3, -0.25) is 4.98 Å². The van der Waals surface area contributed by atoms with E-state index in [1.165, 1.54) is 0 Å². The fourth-order valence-corrected chi connectivity index (χ4v) is 1.11. The van der Waals surface area contributed by atoms with Crippen molar-refractivity contribution in [2.24, 2.45) is 5.73 Å². The van der Waals surface area contributed by atoms with Gasteiger partial charge in [0.2, 0.25) is 0 Å². The van der Waals surface area contributed by atoms with E-state index >= 15 is 0 Å². The molecule has 1 heterocycles. The minimum atomic E-state index is 0.327. The van der Waals surface area contributed by atoms with E-state index < -0.39 is 0 Å². The fourth-order valence-electron chi connectivity index (χ4n) is 0.504. The second kappa shape index (κ2) is 3.48. The maximum absolute atomic E-state index is 5.21. The van der Waals surface area contributed by atoms with E-state index in [0.29, 0.717) is 11.7 Å². The predicted octanol–water partition coefficient (Wildman–Crippen LogP) is 0.476. The van der Waals surface area contributed by atoms with Gasteiger partial charge in [0.15, 0.2) is 5.11 Å². The van der Waals surface area contributed by atoms with Crippen molar-refractivity contribution in [3.8, 4) is 0 Å². The number of nitrogens with two attached hydrogens (primary N) is 1. The molecule has 3 N–H and O–H groups in total. The Kier molecular flexibility index (Phi) is 2.58. The first-order valence-electron chi connectivity index (χ1n) is 2.69. The van der Waals surface area contributed by atoms with Gasteiger partial charge in [-0.2, -0.15) is 0 Å². The molecule has 1 rings (SSSR count). The van der Waals surface area contributed by atoms with Gasteiger partial charge < -0.3 is 11.1 Å². The maximum atomic E-state index is 5.21. The van der Waals surface area contributed by atoms with Gasteiger partial charge in [0.25, 0.3) is 0 Å². The number of thiocarbonyl (C=S) groups is 1. The van der Waals surface area contributed by atoms with Crippen molar-refractivity contribution >= 4 is 28.7 Å². The summed E-state index contributed by atoms with van der Waals surface area (Å²) in [7, 11) is 0. The number of nitrogens with zero attached hydrogens (tertiary/aromatic N) is 1. The second-order valence-corrected chi connectivity index (χ2v) is 3.10. The zero-order valence-corrected chi connectivity index (χ0v) is 6.84. The molecule has 1 aromatic rings. The normalized spacial score (nSPS) is 9.20. The van der Waals surface area contributed by atoms with E-state index in [4.69, 9.17) is 5.73 Å². The van der Waals surface area contributed by atoms with Crippen LogP contribution in [0.5, 0.6) is 0 Å².